The molecule has 6 heteroatoms. The minimum Gasteiger partial charge on any atom is -0.350 e. The molecule has 0 aliphatic heterocycles. The largest absolute Gasteiger partial charge is 0.350 e. The standard InChI is InChI=1S/C12H14N2O3S/c1-13(2)18(16,17)10-4-5-12-11(6-10)9(8-15)7-14(12)3/h4-8H,1-3H3. The van der Waals surface area contributed by atoms with Gasteiger partial charge in [-0.15, -0.1) is 0 Å². The van der Waals surface area contributed by atoms with Crippen molar-refractivity contribution in [2.24, 2.45) is 7.05 Å². The lowest BCUT2D eigenvalue weighted by molar-refractivity contribution is 0.112. The van der Waals surface area contributed by atoms with Crippen molar-refractivity contribution in [2.75, 3.05) is 14.1 Å². The number of nitrogens with zero attached hydrogens (tertiary/aromatic N) is 2. The summed E-state index contributed by atoms with van der Waals surface area (Å²) in [6, 6.07) is 4.79. The number of benzene rings is 1. The minimum atomic E-state index is -3.48. The van der Waals surface area contributed by atoms with Crippen molar-refractivity contribution in [3.63, 3.8) is 0 Å². The predicted octanol–water partition coefficient (Wildman–Crippen LogP) is 1.24. The summed E-state index contributed by atoms with van der Waals surface area (Å²) in [5.74, 6) is 0. The predicted molar refractivity (Wildman–Crippen MR) is 69.2 cm³/mol. The fourth-order valence-electron chi connectivity index (χ4n) is 1.87. The first-order valence-corrected chi connectivity index (χ1v) is 6.78. The van der Waals surface area contributed by atoms with Gasteiger partial charge in [-0.1, -0.05) is 0 Å². The fraction of sp³-hybridized carbons (Fsp3) is 0.250. The average molecular weight is 266 g/mol. The Kier molecular flexibility index (Phi) is 3.00. The molecular formula is C12H14N2O3S. The van der Waals surface area contributed by atoms with Crippen molar-refractivity contribution in [3.05, 3.63) is 30.0 Å². The van der Waals surface area contributed by atoms with E-state index >= 15 is 0 Å². The maximum atomic E-state index is 12.0. The molecule has 0 aliphatic rings. The maximum Gasteiger partial charge on any atom is 0.242 e. The van der Waals surface area contributed by atoms with Gasteiger partial charge in [0.1, 0.15) is 0 Å². The third kappa shape index (κ3) is 1.83. The molecule has 0 unspecified atom stereocenters. The van der Waals surface area contributed by atoms with E-state index in [9.17, 15) is 13.2 Å². The normalized spacial score (nSPS) is 12.2. The Balaban J connectivity index is 2.75. The van der Waals surface area contributed by atoms with Gasteiger partial charge >= 0.3 is 0 Å². The van der Waals surface area contributed by atoms with Crippen molar-refractivity contribution in [3.8, 4) is 0 Å². The molecule has 18 heavy (non-hydrogen) atoms. The first kappa shape index (κ1) is 12.8. The van der Waals surface area contributed by atoms with Crippen LogP contribution in [0.1, 0.15) is 10.4 Å². The summed E-state index contributed by atoms with van der Waals surface area (Å²) in [4.78, 5) is 11.1. The number of hydrogen-bond donors (Lipinski definition) is 0. The number of hydrogen-bond acceptors (Lipinski definition) is 3. The molecule has 0 aliphatic carbocycles. The molecule has 0 atom stereocenters. The maximum absolute atomic E-state index is 12.0. The lowest BCUT2D eigenvalue weighted by Crippen LogP contribution is -2.22. The summed E-state index contributed by atoms with van der Waals surface area (Å²) in [6.07, 6.45) is 2.41. The van der Waals surface area contributed by atoms with Gasteiger partial charge in [0, 0.05) is 43.8 Å². The van der Waals surface area contributed by atoms with E-state index in [1.165, 1.54) is 20.2 Å². The second kappa shape index (κ2) is 4.22. The number of aryl methyl sites for hydroxylation is 1. The zero-order valence-electron chi connectivity index (χ0n) is 10.4. The molecule has 0 radical (unpaired) electrons. The first-order valence-electron chi connectivity index (χ1n) is 5.34. The number of aromatic nitrogens is 1. The molecule has 0 bridgehead atoms. The molecule has 0 amide bonds. The fourth-order valence-corrected chi connectivity index (χ4v) is 2.80. The number of rotatable bonds is 3. The van der Waals surface area contributed by atoms with Gasteiger partial charge in [0.15, 0.2) is 6.29 Å². The van der Waals surface area contributed by atoms with Gasteiger partial charge in [-0.25, -0.2) is 12.7 Å². The van der Waals surface area contributed by atoms with Crippen LogP contribution < -0.4 is 0 Å². The van der Waals surface area contributed by atoms with Crippen LogP contribution in [0.3, 0.4) is 0 Å². The summed E-state index contributed by atoms with van der Waals surface area (Å²) < 4.78 is 27.0. The minimum absolute atomic E-state index is 0.189. The monoisotopic (exact) mass is 266 g/mol. The van der Waals surface area contributed by atoms with E-state index in [1.807, 2.05) is 7.05 Å². The average Bonchev–Trinajstić information content (AvgIpc) is 2.65. The molecule has 1 aromatic heterocycles. The van der Waals surface area contributed by atoms with Crippen LogP contribution >= 0.6 is 0 Å². The number of fused-ring (bicyclic) bond motifs is 1. The molecule has 0 spiro atoms. The Bertz CT molecular complexity index is 714. The van der Waals surface area contributed by atoms with Gasteiger partial charge in [0.2, 0.25) is 10.0 Å². The third-order valence-electron chi connectivity index (χ3n) is 2.90. The molecule has 1 aromatic carbocycles. The van der Waals surface area contributed by atoms with E-state index in [-0.39, 0.29) is 4.90 Å². The van der Waals surface area contributed by atoms with E-state index in [1.54, 1.807) is 22.9 Å². The molecule has 0 saturated carbocycles. The number of carbonyl (C=O) groups is 1. The van der Waals surface area contributed by atoms with E-state index in [0.717, 1.165) is 16.1 Å². The summed E-state index contributed by atoms with van der Waals surface area (Å²) in [7, 11) is 1.29. The zero-order chi connectivity index (χ0) is 13.5. The van der Waals surface area contributed by atoms with Crippen molar-refractivity contribution >= 4 is 27.2 Å². The molecule has 5 nitrogen and oxygen atoms in total. The van der Waals surface area contributed by atoms with E-state index in [4.69, 9.17) is 0 Å². The number of carbonyl (C=O) groups excluding carboxylic acids is 1. The molecule has 2 aromatic rings. The van der Waals surface area contributed by atoms with Gasteiger partial charge in [-0.05, 0) is 18.2 Å². The highest BCUT2D eigenvalue weighted by Gasteiger charge is 2.18. The van der Waals surface area contributed by atoms with Crippen LogP contribution in [0.15, 0.2) is 29.3 Å². The Morgan fingerprint density at radius 1 is 1.28 bits per heavy atom. The molecule has 0 N–H and O–H groups in total. The van der Waals surface area contributed by atoms with Crippen LogP contribution in [-0.4, -0.2) is 37.7 Å². The smallest absolute Gasteiger partial charge is 0.242 e. The summed E-state index contributed by atoms with van der Waals surface area (Å²) >= 11 is 0. The molecule has 1 heterocycles. The van der Waals surface area contributed by atoms with Crippen LogP contribution in [0.25, 0.3) is 10.9 Å². The summed E-state index contributed by atoms with van der Waals surface area (Å²) in [5.41, 5.74) is 1.32. The van der Waals surface area contributed by atoms with E-state index < -0.39 is 10.0 Å². The van der Waals surface area contributed by atoms with Gasteiger partial charge in [-0.3, -0.25) is 4.79 Å². The van der Waals surface area contributed by atoms with Crippen LogP contribution in [0, 0.1) is 0 Å². The number of sulfonamides is 1. The molecule has 0 saturated heterocycles. The van der Waals surface area contributed by atoms with Crippen molar-refractivity contribution in [1.29, 1.82) is 0 Å². The highest BCUT2D eigenvalue weighted by molar-refractivity contribution is 7.89. The van der Waals surface area contributed by atoms with Gasteiger partial charge in [-0.2, -0.15) is 0 Å². The SMILES string of the molecule is CN(C)S(=O)(=O)c1ccc2c(c1)c(C=O)cn2C. The van der Waals surface area contributed by atoms with Crippen LogP contribution in [0.5, 0.6) is 0 Å². The molecule has 0 fully saturated rings. The zero-order valence-corrected chi connectivity index (χ0v) is 11.2. The van der Waals surface area contributed by atoms with Gasteiger partial charge in [0.25, 0.3) is 0 Å². The second-order valence-corrected chi connectivity index (χ2v) is 6.43. The highest BCUT2D eigenvalue weighted by Crippen LogP contribution is 2.24. The highest BCUT2D eigenvalue weighted by atomic mass is 32.2. The Labute approximate surface area is 106 Å². The Hall–Kier alpha value is -1.66. The summed E-state index contributed by atoms with van der Waals surface area (Å²) in [6.45, 7) is 0. The van der Waals surface area contributed by atoms with Crippen molar-refractivity contribution in [1.82, 2.24) is 8.87 Å². The van der Waals surface area contributed by atoms with Crippen molar-refractivity contribution in [2.45, 2.75) is 4.90 Å². The van der Waals surface area contributed by atoms with E-state index in [0.29, 0.717) is 10.9 Å². The van der Waals surface area contributed by atoms with Crippen molar-refractivity contribution < 1.29 is 13.2 Å². The van der Waals surface area contributed by atoms with Crippen LogP contribution in [0.2, 0.25) is 0 Å². The summed E-state index contributed by atoms with van der Waals surface area (Å²) in [5, 5.41) is 0.649. The topological polar surface area (TPSA) is 59.4 Å². The Morgan fingerprint density at radius 3 is 2.50 bits per heavy atom. The lowest BCUT2D eigenvalue weighted by atomic mass is 10.2. The molecule has 96 valence electrons. The lowest BCUT2D eigenvalue weighted by Gasteiger charge is -2.11. The van der Waals surface area contributed by atoms with Gasteiger partial charge < -0.3 is 4.57 Å². The third-order valence-corrected chi connectivity index (χ3v) is 4.71. The van der Waals surface area contributed by atoms with Gasteiger partial charge in [0.05, 0.1) is 4.90 Å². The Morgan fingerprint density at radius 2 is 1.94 bits per heavy atom. The van der Waals surface area contributed by atoms with Crippen LogP contribution in [0.4, 0.5) is 0 Å². The van der Waals surface area contributed by atoms with E-state index in [2.05, 4.69) is 0 Å². The quantitative estimate of drug-likeness (QED) is 0.785. The first-order chi connectivity index (χ1) is 8.37. The second-order valence-electron chi connectivity index (χ2n) is 4.28. The number of aldehydes is 1. The van der Waals surface area contributed by atoms with Crippen LogP contribution in [-0.2, 0) is 17.1 Å². The molecular weight excluding hydrogens is 252 g/mol. The molecule has 2 rings (SSSR count).